The predicted molar refractivity (Wildman–Crippen MR) is 53.8 cm³/mol. The number of nitrogens with two attached hydrogens (primary N) is 1. The Bertz CT molecular complexity index is 274. The molecule has 0 radical (unpaired) electrons. The topological polar surface area (TPSA) is 66.0 Å². The summed E-state index contributed by atoms with van der Waals surface area (Å²) < 4.78 is 7.08. The molecule has 0 spiro atoms. The summed E-state index contributed by atoms with van der Waals surface area (Å²) in [6, 6.07) is -0.0216. The van der Waals surface area contributed by atoms with Gasteiger partial charge < -0.3 is 10.5 Å². The number of nitrogens with zero attached hydrogens (tertiary/aromatic N) is 3. The van der Waals surface area contributed by atoms with E-state index in [-0.39, 0.29) is 12.1 Å². The summed E-state index contributed by atoms with van der Waals surface area (Å²) in [5.41, 5.74) is 6.85. The SMILES string of the molecule is CCOC(C)C(N)Cc1cn(C)nn1. The number of ether oxygens (including phenoxy) is 1. The summed E-state index contributed by atoms with van der Waals surface area (Å²) in [7, 11) is 1.84. The molecule has 0 saturated heterocycles. The predicted octanol–water partition coefficient (Wildman–Crippen LogP) is 0.110. The maximum Gasteiger partial charge on any atom is 0.0843 e. The monoisotopic (exact) mass is 198 g/mol. The van der Waals surface area contributed by atoms with Crippen LogP contribution in [0.4, 0.5) is 0 Å². The third-order valence-electron chi connectivity index (χ3n) is 2.13. The van der Waals surface area contributed by atoms with Gasteiger partial charge in [-0.05, 0) is 13.8 Å². The van der Waals surface area contributed by atoms with E-state index in [9.17, 15) is 0 Å². The van der Waals surface area contributed by atoms with E-state index in [2.05, 4.69) is 10.3 Å². The lowest BCUT2D eigenvalue weighted by atomic mass is 10.1. The molecule has 0 fully saturated rings. The normalized spacial score (nSPS) is 15.4. The van der Waals surface area contributed by atoms with E-state index in [1.165, 1.54) is 0 Å². The fraction of sp³-hybridized carbons (Fsp3) is 0.778. The average Bonchev–Trinajstić information content (AvgIpc) is 2.51. The highest BCUT2D eigenvalue weighted by molar-refractivity contribution is 4.96. The summed E-state index contributed by atoms with van der Waals surface area (Å²) in [5.74, 6) is 0. The molecule has 0 aliphatic heterocycles. The first-order valence-electron chi connectivity index (χ1n) is 4.85. The average molecular weight is 198 g/mol. The summed E-state index contributed by atoms with van der Waals surface area (Å²) in [5, 5.41) is 7.82. The first-order valence-corrected chi connectivity index (χ1v) is 4.85. The van der Waals surface area contributed by atoms with Crippen LogP contribution in [0.3, 0.4) is 0 Å². The number of hydrogen-bond acceptors (Lipinski definition) is 4. The van der Waals surface area contributed by atoms with Crippen LogP contribution in [0, 0.1) is 0 Å². The maximum atomic E-state index is 5.94. The van der Waals surface area contributed by atoms with Gasteiger partial charge in [-0.3, -0.25) is 4.68 Å². The standard InChI is InChI=1S/C9H18N4O/c1-4-14-7(2)9(10)5-8-6-13(3)12-11-8/h6-7,9H,4-5,10H2,1-3H3. The maximum absolute atomic E-state index is 5.94. The second-order valence-electron chi connectivity index (χ2n) is 3.41. The van der Waals surface area contributed by atoms with E-state index in [0.717, 1.165) is 5.69 Å². The van der Waals surface area contributed by atoms with Crippen molar-refractivity contribution in [3.63, 3.8) is 0 Å². The quantitative estimate of drug-likeness (QED) is 0.729. The van der Waals surface area contributed by atoms with Crippen molar-refractivity contribution in [2.45, 2.75) is 32.4 Å². The molecule has 0 saturated carbocycles. The second kappa shape index (κ2) is 5.07. The van der Waals surface area contributed by atoms with Crippen LogP contribution in [-0.2, 0) is 18.2 Å². The van der Waals surface area contributed by atoms with Gasteiger partial charge >= 0.3 is 0 Å². The summed E-state index contributed by atoms with van der Waals surface area (Å²) in [4.78, 5) is 0. The Labute approximate surface area is 84.2 Å². The van der Waals surface area contributed by atoms with Crippen LogP contribution in [0.5, 0.6) is 0 Å². The Morgan fingerprint density at radius 3 is 2.86 bits per heavy atom. The minimum absolute atomic E-state index is 0.0216. The molecule has 0 bridgehead atoms. The van der Waals surface area contributed by atoms with Crippen molar-refractivity contribution in [1.29, 1.82) is 0 Å². The Balaban J connectivity index is 2.43. The highest BCUT2D eigenvalue weighted by atomic mass is 16.5. The molecule has 5 nitrogen and oxygen atoms in total. The molecule has 80 valence electrons. The zero-order chi connectivity index (χ0) is 10.6. The second-order valence-corrected chi connectivity index (χ2v) is 3.41. The Morgan fingerprint density at radius 2 is 2.36 bits per heavy atom. The van der Waals surface area contributed by atoms with E-state index in [1.807, 2.05) is 27.1 Å². The molecule has 0 aliphatic carbocycles. The molecule has 14 heavy (non-hydrogen) atoms. The van der Waals surface area contributed by atoms with Gasteiger partial charge in [0.15, 0.2) is 0 Å². The van der Waals surface area contributed by atoms with Gasteiger partial charge in [-0.1, -0.05) is 5.21 Å². The van der Waals surface area contributed by atoms with Crippen LogP contribution in [0.2, 0.25) is 0 Å². The number of aryl methyl sites for hydroxylation is 1. The van der Waals surface area contributed by atoms with Crippen molar-refractivity contribution in [2.24, 2.45) is 12.8 Å². The van der Waals surface area contributed by atoms with Gasteiger partial charge in [0.05, 0.1) is 11.8 Å². The molecule has 1 aromatic heterocycles. The highest BCUT2D eigenvalue weighted by Crippen LogP contribution is 2.03. The Morgan fingerprint density at radius 1 is 1.64 bits per heavy atom. The van der Waals surface area contributed by atoms with E-state index < -0.39 is 0 Å². The summed E-state index contributed by atoms with van der Waals surface area (Å²) >= 11 is 0. The first kappa shape index (κ1) is 11.1. The minimum Gasteiger partial charge on any atom is -0.377 e. The van der Waals surface area contributed by atoms with E-state index in [1.54, 1.807) is 4.68 Å². The Kier molecular flexibility index (Phi) is 4.03. The molecular formula is C9H18N4O. The van der Waals surface area contributed by atoms with Crippen molar-refractivity contribution >= 4 is 0 Å². The lowest BCUT2D eigenvalue weighted by molar-refractivity contribution is 0.0575. The molecule has 5 heteroatoms. The lowest BCUT2D eigenvalue weighted by Gasteiger charge is -2.18. The van der Waals surface area contributed by atoms with Gasteiger partial charge in [0.2, 0.25) is 0 Å². The third kappa shape index (κ3) is 3.08. The molecule has 1 heterocycles. The van der Waals surface area contributed by atoms with Crippen molar-refractivity contribution < 1.29 is 4.74 Å². The van der Waals surface area contributed by atoms with Crippen LogP contribution >= 0.6 is 0 Å². The van der Waals surface area contributed by atoms with Gasteiger partial charge in [-0.25, -0.2) is 0 Å². The summed E-state index contributed by atoms with van der Waals surface area (Å²) in [6.07, 6.45) is 2.63. The molecule has 0 aromatic carbocycles. The molecule has 2 atom stereocenters. The largest absolute Gasteiger partial charge is 0.377 e. The van der Waals surface area contributed by atoms with E-state index in [4.69, 9.17) is 10.5 Å². The van der Waals surface area contributed by atoms with Crippen LogP contribution in [-0.4, -0.2) is 33.7 Å². The van der Waals surface area contributed by atoms with E-state index in [0.29, 0.717) is 13.0 Å². The lowest BCUT2D eigenvalue weighted by Crippen LogP contribution is -2.36. The fourth-order valence-electron chi connectivity index (χ4n) is 1.28. The van der Waals surface area contributed by atoms with Gasteiger partial charge in [0.1, 0.15) is 0 Å². The van der Waals surface area contributed by atoms with Crippen LogP contribution in [0.15, 0.2) is 6.20 Å². The van der Waals surface area contributed by atoms with Gasteiger partial charge in [-0.2, -0.15) is 0 Å². The fourth-order valence-corrected chi connectivity index (χ4v) is 1.28. The van der Waals surface area contributed by atoms with Crippen molar-refractivity contribution in [1.82, 2.24) is 15.0 Å². The van der Waals surface area contributed by atoms with Crippen molar-refractivity contribution in [3.8, 4) is 0 Å². The number of rotatable bonds is 5. The molecule has 1 aromatic rings. The minimum atomic E-state index is -0.0216. The zero-order valence-corrected chi connectivity index (χ0v) is 8.97. The van der Waals surface area contributed by atoms with Crippen molar-refractivity contribution in [3.05, 3.63) is 11.9 Å². The van der Waals surface area contributed by atoms with Crippen molar-refractivity contribution in [2.75, 3.05) is 6.61 Å². The summed E-state index contributed by atoms with van der Waals surface area (Å²) in [6.45, 7) is 4.63. The molecular weight excluding hydrogens is 180 g/mol. The Hall–Kier alpha value is -0.940. The third-order valence-corrected chi connectivity index (χ3v) is 2.13. The molecule has 2 unspecified atom stereocenters. The van der Waals surface area contributed by atoms with E-state index >= 15 is 0 Å². The highest BCUT2D eigenvalue weighted by Gasteiger charge is 2.14. The number of aromatic nitrogens is 3. The van der Waals surface area contributed by atoms with Crippen LogP contribution in [0.25, 0.3) is 0 Å². The molecule has 0 amide bonds. The number of hydrogen-bond donors (Lipinski definition) is 1. The van der Waals surface area contributed by atoms with Gasteiger partial charge in [0.25, 0.3) is 0 Å². The van der Waals surface area contributed by atoms with Gasteiger partial charge in [-0.15, -0.1) is 5.10 Å². The molecule has 1 rings (SSSR count). The smallest absolute Gasteiger partial charge is 0.0843 e. The van der Waals surface area contributed by atoms with Gasteiger partial charge in [0, 0.05) is 32.3 Å². The first-order chi connectivity index (χ1) is 6.63. The molecule has 2 N–H and O–H groups in total. The van der Waals surface area contributed by atoms with Crippen LogP contribution < -0.4 is 5.73 Å². The zero-order valence-electron chi connectivity index (χ0n) is 8.97. The molecule has 0 aliphatic rings. The van der Waals surface area contributed by atoms with Crippen LogP contribution in [0.1, 0.15) is 19.5 Å².